The highest BCUT2D eigenvalue weighted by Gasteiger charge is 2.18. The molecule has 0 spiro atoms. The number of aromatic nitrogens is 3. The predicted octanol–water partition coefficient (Wildman–Crippen LogP) is 2.43. The van der Waals surface area contributed by atoms with E-state index >= 15 is 0 Å². The minimum atomic E-state index is -0.0248. The van der Waals surface area contributed by atoms with Crippen molar-refractivity contribution in [1.82, 2.24) is 20.1 Å². The number of carbonyl (C=O) groups is 1. The van der Waals surface area contributed by atoms with Gasteiger partial charge >= 0.3 is 0 Å². The summed E-state index contributed by atoms with van der Waals surface area (Å²) in [7, 11) is 1.97. The standard InChI is InChI=1S/C16H22N4O2S2/c1-11-5-6-13(24-11)15(21)17-8-7-14-18-19-16(20(14)2)23-10-12-4-3-9-22-12/h5-6,12H,3-4,7-10H2,1-2H3,(H,17,21). The Balaban J connectivity index is 1.46. The van der Waals surface area contributed by atoms with E-state index in [1.54, 1.807) is 11.8 Å². The topological polar surface area (TPSA) is 69.0 Å². The summed E-state index contributed by atoms with van der Waals surface area (Å²) in [5, 5.41) is 12.3. The fourth-order valence-electron chi connectivity index (χ4n) is 2.56. The van der Waals surface area contributed by atoms with Gasteiger partial charge in [-0.05, 0) is 31.9 Å². The molecule has 3 heterocycles. The maximum absolute atomic E-state index is 12.0. The number of nitrogens with zero attached hydrogens (tertiary/aromatic N) is 3. The van der Waals surface area contributed by atoms with Crippen molar-refractivity contribution in [2.75, 3.05) is 18.9 Å². The fraction of sp³-hybridized carbons (Fsp3) is 0.562. The molecule has 2 aromatic rings. The molecule has 1 fully saturated rings. The summed E-state index contributed by atoms with van der Waals surface area (Å²) in [5.41, 5.74) is 0. The molecule has 2 aromatic heterocycles. The molecule has 1 N–H and O–H groups in total. The van der Waals surface area contributed by atoms with E-state index in [1.165, 1.54) is 11.3 Å². The average Bonchev–Trinajstić information content (AvgIpc) is 3.29. The zero-order chi connectivity index (χ0) is 16.9. The van der Waals surface area contributed by atoms with Crippen LogP contribution in [0, 0.1) is 6.92 Å². The normalized spacial score (nSPS) is 17.3. The van der Waals surface area contributed by atoms with Gasteiger partial charge in [-0.1, -0.05) is 11.8 Å². The van der Waals surface area contributed by atoms with Gasteiger partial charge in [0.1, 0.15) is 5.82 Å². The Morgan fingerprint density at radius 3 is 3.08 bits per heavy atom. The van der Waals surface area contributed by atoms with E-state index in [1.807, 2.05) is 30.7 Å². The molecule has 130 valence electrons. The van der Waals surface area contributed by atoms with Gasteiger partial charge in [0.15, 0.2) is 5.16 Å². The number of carbonyl (C=O) groups excluding carboxylic acids is 1. The van der Waals surface area contributed by atoms with E-state index in [-0.39, 0.29) is 5.91 Å². The summed E-state index contributed by atoms with van der Waals surface area (Å²) < 4.78 is 7.63. The first kappa shape index (κ1) is 17.4. The van der Waals surface area contributed by atoms with Gasteiger partial charge in [0.25, 0.3) is 5.91 Å². The summed E-state index contributed by atoms with van der Waals surface area (Å²) in [6.07, 6.45) is 3.29. The van der Waals surface area contributed by atoms with Crippen LogP contribution >= 0.6 is 23.1 Å². The first-order chi connectivity index (χ1) is 11.6. The minimum Gasteiger partial charge on any atom is -0.377 e. The van der Waals surface area contributed by atoms with Crippen molar-refractivity contribution < 1.29 is 9.53 Å². The van der Waals surface area contributed by atoms with Gasteiger partial charge in [-0.15, -0.1) is 21.5 Å². The van der Waals surface area contributed by atoms with E-state index in [0.717, 1.165) is 45.9 Å². The van der Waals surface area contributed by atoms with Crippen LogP contribution in [-0.4, -0.2) is 45.7 Å². The quantitative estimate of drug-likeness (QED) is 0.762. The number of amides is 1. The van der Waals surface area contributed by atoms with Crippen LogP contribution in [0.3, 0.4) is 0 Å². The first-order valence-corrected chi connectivity index (χ1v) is 9.91. The number of hydrogen-bond donors (Lipinski definition) is 1. The van der Waals surface area contributed by atoms with Gasteiger partial charge in [-0.2, -0.15) is 0 Å². The Kier molecular flexibility index (Phi) is 5.91. The molecule has 1 unspecified atom stereocenters. The SMILES string of the molecule is Cc1ccc(C(=O)NCCc2nnc(SCC3CCCO3)n2C)s1. The molecule has 1 saturated heterocycles. The highest BCUT2D eigenvalue weighted by atomic mass is 32.2. The molecule has 1 amide bonds. The van der Waals surface area contributed by atoms with E-state index in [0.29, 0.717) is 19.1 Å². The lowest BCUT2D eigenvalue weighted by molar-refractivity contribution is 0.0958. The van der Waals surface area contributed by atoms with Crippen LogP contribution in [0.5, 0.6) is 0 Å². The Bertz CT molecular complexity index is 692. The monoisotopic (exact) mass is 366 g/mol. The Morgan fingerprint density at radius 1 is 1.50 bits per heavy atom. The van der Waals surface area contributed by atoms with Crippen LogP contribution in [-0.2, 0) is 18.2 Å². The van der Waals surface area contributed by atoms with Crippen LogP contribution in [0.15, 0.2) is 17.3 Å². The summed E-state index contributed by atoms with van der Waals surface area (Å²) in [5.74, 6) is 1.77. The lowest BCUT2D eigenvalue weighted by Gasteiger charge is -2.08. The van der Waals surface area contributed by atoms with Gasteiger partial charge in [0.2, 0.25) is 0 Å². The van der Waals surface area contributed by atoms with Crippen LogP contribution in [0.4, 0.5) is 0 Å². The molecule has 0 aliphatic carbocycles. The second kappa shape index (κ2) is 8.13. The molecular weight excluding hydrogens is 344 g/mol. The Labute approximate surface area is 150 Å². The lowest BCUT2D eigenvalue weighted by Crippen LogP contribution is -2.25. The fourth-order valence-corrected chi connectivity index (χ4v) is 4.34. The molecule has 1 aliphatic rings. The number of ether oxygens (including phenoxy) is 1. The Hall–Kier alpha value is -1.38. The number of hydrogen-bond acceptors (Lipinski definition) is 6. The largest absolute Gasteiger partial charge is 0.377 e. The van der Waals surface area contributed by atoms with Crippen LogP contribution in [0.25, 0.3) is 0 Å². The van der Waals surface area contributed by atoms with Crippen molar-refractivity contribution in [3.05, 3.63) is 27.7 Å². The molecule has 24 heavy (non-hydrogen) atoms. The first-order valence-electron chi connectivity index (χ1n) is 8.11. The van der Waals surface area contributed by atoms with Crippen LogP contribution in [0.1, 0.15) is 33.2 Å². The smallest absolute Gasteiger partial charge is 0.261 e. The molecule has 0 bridgehead atoms. The zero-order valence-electron chi connectivity index (χ0n) is 13.9. The molecule has 6 nitrogen and oxygen atoms in total. The van der Waals surface area contributed by atoms with Gasteiger partial charge in [-0.25, -0.2) is 0 Å². The van der Waals surface area contributed by atoms with E-state index in [4.69, 9.17) is 4.74 Å². The van der Waals surface area contributed by atoms with Gasteiger partial charge in [-0.3, -0.25) is 4.79 Å². The van der Waals surface area contributed by atoms with Crippen molar-refractivity contribution in [3.63, 3.8) is 0 Å². The molecule has 0 saturated carbocycles. The molecule has 8 heteroatoms. The molecule has 0 aromatic carbocycles. The minimum absolute atomic E-state index is 0.0248. The summed E-state index contributed by atoms with van der Waals surface area (Å²) in [4.78, 5) is 13.9. The average molecular weight is 367 g/mol. The summed E-state index contributed by atoms with van der Waals surface area (Å²) in [6, 6.07) is 3.82. The van der Waals surface area contributed by atoms with E-state index < -0.39 is 0 Å². The molecule has 1 atom stereocenters. The molecule has 3 rings (SSSR count). The number of aryl methyl sites for hydroxylation is 1. The van der Waals surface area contributed by atoms with E-state index in [9.17, 15) is 4.79 Å². The second-order valence-electron chi connectivity index (χ2n) is 5.82. The van der Waals surface area contributed by atoms with Crippen molar-refractivity contribution in [2.45, 2.75) is 37.4 Å². The predicted molar refractivity (Wildman–Crippen MR) is 95.8 cm³/mol. The maximum Gasteiger partial charge on any atom is 0.261 e. The third-order valence-electron chi connectivity index (χ3n) is 3.95. The number of nitrogens with one attached hydrogen (secondary N) is 1. The number of thiophene rings is 1. The highest BCUT2D eigenvalue weighted by Crippen LogP contribution is 2.22. The van der Waals surface area contributed by atoms with Crippen molar-refractivity contribution in [1.29, 1.82) is 0 Å². The molecular formula is C16H22N4O2S2. The molecule has 1 aliphatic heterocycles. The molecule has 0 radical (unpaired) electrons. The van der Waals surface area contributed by atoms with Gasteiger partial charge in [0.05, 0.1) is 11.0 Å². The highest BCUT2D eigenvalue weighted by molar-refractivity contribution is 7.99. The van der Waals surface area contributed by atoms with Crippen molar-refractivity contribution in [2.24, 2.45) is 7.05 Å². The third-order valence-corrected chi connectivity index (χ3v) is 6.10. The number of rotatable bonds is 7. The van der Waals surface area contributed by atoms with Crippen LogP contribution < -0.4 is 5.32 Å². The summed E-state index contributed by atoms with van der Waals surface area (Å²) in [6.45, 7) is 3.42. The lowest BCUT2D eigenvalue weighted by atomic mass is 10.3. The summed E-state index contributed by atoms with van der Waals surface area (Å²) >= 11 is 3.19. The number of thioether (sulfide) groups is 1. The van der Waals surface area contributed by atoms with Gasteiger partial charge in [0, 0.05) is 37.3 Å². The van der Waals surface area contributed by atoms with Gasteiger partial charge < -0.3 is 14.6 Å². The van der Waals surface area contributed by atoms with Crippen molar-refractivity contribution in [3.8, 4) is 0 Å². The Morgan fingerprint density at radius 2 is 2.38 bits per heavy atom. The third kappa shape index (κ3) is 4.37. The zero-order valence-corrected chi connectivity index (χ0v) is 15.6. The second-order valence-corrected chi connectivity index (χ2v) is 8.10. The van der Waals surface area contributed by atoms with E-state index in [2.05, 4.69) is 15.5 Å². The van der Waals surface area contributed by atoms with Crippen LogP contribution in [0.2, 0.25) is 0 Å². The van der Waals surface area contributed by atoms with Crippen molar-refractivity contribution >= 4 is 29.0 Å². The maximum atomic E-state index is 12.0.